The molecule has 0 saturated heterocycles. The van der Waals surface area contributed by atoms with Crippen molar-refractivity contribution in [3.8, 4) is 0 Å². The van der Waals surface area contributed by atoms with Gasteiger partial charge in [0.15, 0.2) is 0 Å². The summed E-state index contributed by atoms with van der Waals surface area (Å²) in [4.78, 5) is 29.8. The second-order valence-corrected chi connectivity index (χ2v) is 5.53. The Labute approximate surface area is 133 Å². The zero-order valence-electron chi connectivity index (χ0n) is 12.9. The van der Waals surface area contributed by atoms with Gasteiger partial charge in [-0.25, -0.2) is 4.79 Å². The third-order valence-electron chi connectivity index (χ3n) is 3.67. The molecule has 1 aliphatic heterocycles. The molecule has 0 radical (unpaired) electrons. The van der Waals surface area contributed by atoms with Crippen LogP contribution in [0.5, 0.6) is 0 Å². The average Bonchev–Trinajstić information content (AvgIpc) is 2.52. The summed E-state index contributed by atoms with van der Waals surface area (Å²) in [5.41, 5.74) is 9.39. The SMILES string of the molecule is Cc1ccc(N)c(C(=O)ON2CNC(=O)c3cc(C)ccc32)c1. The molecule has 0 bridgehead atoms. The zero-order valence-corrected chi connectivity index (χ0v) is 12.9. The first kappa shape index (κ1) is 14.9. The van der Waals surface area contributed by atoms with Gasteiger partial charge in [-0.05, 0) is 38.1 Å². The third-order valence-corrected chi connectivity index (χ3v) is 3.67. The fourth-order valence-electron chi connectivity index (χ4n) is 2.45. The van der Waals surface area contributed by atoms with E-state index in [0.717, 1.165) is 11.1 Å². The summed E-state index contributed by atoms with van der Waals surface area (Å²) < 4.78 is 0. The fourth-order valence-corrected chi connectivity index (χ4v) is 2.45. The summed E-state index contributed by atoms with van der Waals surface area (Å²) in [6, 6.07) is 10.5. The lowest BCUT2D eigenvalue weighted by molar-refractivity contribution is 0.0426. The molecule has 1 amide bonds. The highest BCUT2D eigenvalue weighted by atomic mass is 16.7. The van der Waals surface area contributed by atoms with Gasteiger partial charge in [0.25, 0.3) is 5.91 Å². The molecule has 0 aromatic heterocycles. The number of nitrogen functional groups attached to an aromatic ring is 1. The highest BCUT2D eigenvalue weighted by Gasteiger charge is 2.26. The number of nitrogens with one attached hydrogen (secondary N) is 1. The van der Waals surface area contributed by atoms with Crippen LogP contribution in [-0.2, 0) is 4.84 Å². The van der Waals surface area contributed by atoms with Crippen molar-refractivity contribution in [2.24, 2.45) is 0 Å². The number of aryl methyl sites for hydroxylation is 2. The molecular formula is C17H17N3O3. The Morgan fingerprint density at radius 2 is 1.87 bits per heavy atom. The minimum atomic E-state index is -0.561. The van der Waals surface area contributed by atoms with Crippen LogP contribution < -0.4 is 16.1 Å². The van der Waals surface area contributed by atoms with Gasteiger partial charge in [-0.2, -0.15) is 5.06 Å². The molecule has 1 aliphatic rings. The normalized spacial score (nSPS) is 13.3. The van der Waals surface area contributed by atoms with E-state index in [-0.39, 0.29) is 12.6 Å². The summed E-state index contributed by atoms with van der Waals surface area (Å²) in [6.07, 6.45) is 0. The van der Waals surface area contributed by atoms with Crippen molar-refractivity contribution in [1.82, 2.24) is 5.32 Å². The van der Waals surface area contributed by atoms with E-state index in [4.69, 9.17) is 10.6 Å². The molecule has 118 valence electrons. The number of nitrogens with zero attached hydrogens (tertiary/aromatic N) is 1. The Kier molecular flexibility index (Phi) is 3.65. The topological polar surface area (TPSA) is 84.7 Å². The van der Waals surface area contributed by atoms with E-state index in [1.807, 2.05) is 26.0 Å². The van der Waals surface area contributed by atoms with Crippen LogP contribution in [0.4, 0.5) is 11.4 Å². The van der Waals surface area contributed by atoms with Gasteiger partial charge in [0.05, 0.1) is 16.8 Å². The average molecular weight is 311 g/mol. The number of rotatable bonds is 2. The molecule has 3 rings (SSSR count). The zero-order chi connectivity index (χ0) is 16.6. The molecule has 0 atom stereocenters. The largest absolute Gasteiger partial charge is 0.398 e. The molecule has 6 heteroatoms. The van der Waals surface area contributed by atoms with Crippen LogP contribution in [0, 0.1) is 13.8 Å². The second kappa shape index (κ2) is 5.64. The minimum Gasteiger partial charge on any atom is -0.398 e. The Balaban J connectivity index is 1.89. The van der Waals surface area contributed by atoms with Gasteiger partial charge in [-0.3, -0.25) is 4.79 Å². The molecule has 6 nitrogen and oxygen atoms in total. The number of hydrogen-bond donors (Lipinski definition) is 2. The maximum absolute atomic E-state index is 12.4. The van der Waals surface area contributed by atoms with Crippen molar-refractivity contribution in [2.45, 2.75) is 13.8 Å². The number of benzene rings is 2. The van der Waals surface area contributed by atoms with Crippen LogP contribution >= 0.6 is 0 Å². The maximum Gasteiger partial charge on any atom is 0.365 e. The van der Waals surface area contributed by atoms with Crippen LogP contribution in [0.15, 0.2) is 36.4 Å². The molecule has 23 heavy (non-hydrogen) atoms. The van der Waals surface area contributed by atoms with Crippen molar-refractivity contribution in [3.05, 3.63) is 58.7 Å². The number of fused-ring (bicyclic) bond motifs is 1. The van der Waals surface area contributed by atoms with E-state index >= 15 is 0 Å². The van der Waals surface area contributed by atoms with Crippen LogP contribution in [0.3, 0.4) is 0 Å². The van der Waals surface area contributed by atoms with Crippen molar-refractivity contribution in [1.29, 1.82) is 0 Å². The van der Waals surface area contributed by atoms with Gasteiger partial charge in [0.1, 0.15) is 6.67 Å². The number of hydrogen-bond acceptors (Lipinski definition) is 5. The van der Waals surface area contributed by atoms with Gasteiger partial charge in [-0.15, -0.1) is 0 Å². The van der Waals surface area contributed by atoms with Crippen molar-refractivity contribution < 1.29 is 14.4 Å². The number of nitrogens with two attached hydrogens (primary N) is 1. The molecule has 0 fully saturated rings. The van der Waals surface area contributed by atoms with Gasteiger partial charge in [-0.1, -0.05) is 23.3 Å². The summed E-state index contributed by atoms with van der Waals surface area (Å²) in [5, 5.41) is 4.04. The van der Waals surface area contributed by atoms with E-state index in [9.17, 15) is 9.59 Å². The van der Waals surface area contributed by atoms with E-state index in [0.29, 0.717) is 22.5 Å². The molecular weight excluding hydrogens is 294 g/mol. The Hall–Kier alpha value is -3.02. The first-order valence-electron chi connectivity index (χ1n) is 7.20. The predicted octanol–water partition coefficient (Wildman–Crippen LogP) is 2.16. The van der Waals surface area contributed by atoms with Gasteiger partial charge in [0.2, 0.25) is 0 Å². The molecule has 2 aromatic rings. The highest BCUT2D eigenvalue weighted by Crippen LogP contribution is 2.26. The molecule has 0 aliphatic carbocycles. The van der Waals surface area contributed by atoms with E-state index in [2.05, 4.69) is 5.32 Å². The number of amides is 1. The van der Waals surface area contributed by atoms with Crippen molar-refractivity contribution >= 4 is 23.3 Å². The molecule has 0 spiro atoms. The Morgan fingerprint density at radius 1 is 1.17 bits per heavy atom. The molecule has 0 unspecified atom stereocenters. The van der Waals surface area contributed by atoms with Gasteiger partial charge >= 0.3 is 5.97 Å². The molecule has 1 heterocycles. The number of carbonyl (C=O) groups is 2. The van der Waals surface area contributed by atoms with Crippen LogP contribution in [0.2, 0.25) is 0 Å². The van der Waals surface area contributed by atoms with E-state index in [1.54, 1.807) is 24.3 Å². The molecule has 0 saturated carbocycles. The lowest BCUT2D eigenvalue weighted by Gasteiger charge is -2.29. The fraction of sp³-hybridized carbons (Fsp3) is 0.176. The monoisotopic (exact) mass is 311 g/mol. The third kappa shape index (κ3) is 2.83. The minimum absolute atomic E-state index is 0.0896. The molecule has 3 N–H and O–H groups in total. The quantitative estimate of drug-likeness (QED) is 0.830. The first-order chi connectivity index (χ1) is 11.0. The Morgan fingerprint density at radius 3 is 2.65 bits per heavy atom. The lowest BCUT2D eigenvalue weighted by atomic mass is 10.1. The highest BCUT2D eigenvalue weighted by molar-refractivity contribution is 6.02. The smallest absolute Gasteiger partial charge is 0.365 e. The van der Waals surface area contributed by atoms with Crippen LogP contribution in [-0.4, -0.2) is 18.5 Å². The van der Waals surface area contributed by atoms with E-state index in [1.165, 1.54) is 5.06 Å². The maximum atomic E-state index is 12.4. The van der Waals surface area contributed by atoms with Crippen LogP contribution in [0.1, 0.15) is 31.8 Å². The first-order valence-corrected chi connectivity index (χ1v) is 7.20. The standard InChI is InChI=1S/C17H17N3O3/c1-10-3-5-14(18)12(7-10)17(22)23-20-9-19-16(21)13-8-11(2)4-6-15(13)20/h3-8H,9,18H2,1-2H3,(H,19,21). The summed E-state index contributed by atoms with van der Waals surface area (Å²) >= 11 is 0. The lowest BCUT2D eigenvalue weighted by Crippen LogP contribution is -2.44. The van der Waals surface area contributed by atoms with Crippen LogP contribution in [0.25, 0.3) is 0 Å². The van der Waals surface area contributed by atoms with E-state index < -0.39 is 5.97 Å². The summed E-state index contributed by atoms with van der Waals surface area (Å²) in [6.45, 7) is 3.85. The molecule has 2 aromatic carbocycles. The second-order valence-electron chi connectivity index (χ2n) is 5.53. The van der Waals surface area contributed by atoms with Gasteiger partial charge < -0.3 is 15.9 Å². The van der Waals surface area contributed by atoms with Gasteiger partial charge in [0, 0.05) is 5.69 Å². The summed E-state index contributed by atoms with van der Waals surface area (Å²) in [5.74, 6) is -0.750. The summed E-state index contributed by atoms with van der Waals surface area (Å²) in [7, 11) is 0. The number of hydroxylamine groups is 1. The van der Waals surface area contributed by atoms with Crippen molar-refractivity contribution in [2.75, 3.05) is 17.5 Å². The van der Waals surface area contributed by atoms with Crippen molar-refractivity contribution in [3.63, 3.8) is 0 Å². The predicted molar refractivity (Wildman–Crippen MR) is 87.0 cm³/mol. The number of anilines is 2. The number of carbonyl (C=O) groups excluding carboxylic acids is 2. The Bertz CT molecular complexity index is 802.